The highest BCUT2D eigenvalue weighted by atomic mass is 19.1. The van der Waals surface area contributed by atoms with Gasteiger partial charge in [-0.25, -0.2) is 4.39 Å². The average molecular weight is 482 g/mol. The first kappa shape index (κ1) is 24.7. The maximum absolute atomic E-state index is 14.4. The van der Waals surface area contributed by atoms with E-state index in [0.717, 1.165) is 23.3 Å². The molecule has 3 amide bonds. The molecular formula is C27H32FN3O4. The molecule has 2 N–H and O–H groups in total. The quantitative estimate of drug-likeness (QED) is 0.664. The Kier molecular flexibility index (Phi) is 6.83. The molecule has 0 unspecified atom stereocenters. The molecule has 1 saturated heterocycles. The Bertz CT molecular complexity index is 1120. The molecule has 1 fully saturated rings. The zero-order chi connectivity index (χ0) is 25.4. The van der Waals surface area contributed by atoms with Gasteiger partial charge in [-0.15, -0.1) is 0 Å². The number of piperazine rings is 1. The van der Waals surface area contributed by atoms with Crippen LogP contribution in [0.4, 0.5) is 4.39 Å². The number of phenolic OH excluding ortho intramolecular Hbond substituents is 1. The van der Waals surface area contributed by atoms with Crippen molar-refractivity contribution >= 4 is 17.7 Å². The monoisotopic (exact) mass is 481 g/mol. The van der Waals surface area contributed by atoms with E-state index in [9.17, 15) is 23.9 Å². The minimum atomic E-state index is -1.20. The van der Waals surface area contributed by atoms with Crippen LogP contribution in [0.2, 0.25) is 0 Å². The summed E-state index contributed by atoms with van der Waals surface area (Å²) in [5.74, 6) is -2.61. The molecule has 35 heavy (non-hydrogen) atoms. The van der Waals surface area contributed by atoms with E-state index < -0.39 is 35.6 Å². The van der Waals surface area contributed by atoms with Gasteiger partial charge in [0.2, 0.25) is 17.7 Å². The summed E-state index contributed by atoms with van der Waals surface area (Å²) in [5.41, 5.74) is 2.51. The molecule has 1 aliphatic carbocycles. The Labute approximate surface area is 204 Å². The summed E-state index contributed by atoms with van der Waals surface area (Å²) < 4.78 is 14.4. The molecule has 2 aromatic rings. The lowest BCUT2D eigenvalue weighted by Gasteiger charge is -2.45. The predicted octanol–water partition coefficient (Wildman–Crippen LogP) is 2.82. The molecule has 3 atom stereocenters. The molecule has 2 aliphatic rings. The van der Waals surface area contributed by atoms with Crippen molar-refractivity contribution < 1.29 is 23.9 Å². The van der Waals surface area contributed by atoms with E-state index >= 15 is 0 Å². The Morgan fingerprint density at radius 3 is 2.31 bits per heavy atom. The van der Waals surface area contributed by atoms with E-state index in [1.807, 2.05) is 38.1 Å². The van der Waals surface area contributed by atoms with E-state index in [1.54, 1.807) is 14.1 Å². The molecule has 0 saturated carbocycles. The summed E-state index contributed by atoms with van der Waals surface area (Å²) in [4.78, 5) is 43.7. The molecule has 8 heteroatoms. The van der Waals surface area contributed by atoms with Gasteiger partial charge >= 0.3 is 0 Å². The molecule has 7 nitrogen and oxygen atoms in total. The number of benzene rings is 2. The van der Waals surface area contributed by atoms with Gasteiger partial charge < -0.3 is 20.2 Å². The number of carbonyl (C=O) groups is 3. The summed E-state index contributed by atoms with van der Waals surface area (Å²) in [7, 11) is 3.12. The minimum Gasteiger partial charge on any atom is -0.505 e. The van der Waals surface area contributed by atoms with E-state index in [0.29, 0.717) is 19.3 Å². The number of amides is 3. The molecule has 4 rings (SSSR count). The standard InChI is InChI=1S/C27H32FN3O4/c1-15(2)11-21-25(33)29-23(19-12-16-7-5-6-8-17(16)13-19)26(34)31(21)24(27(35)30(3)4)18-9-10-22(32)20(28)14-18/h5-10,14-15,19,21,23-24,32H,11-13H2,1-4H3,(H,29,33)/t21-,23-,24-/m1/s1. The molecule has 0 radical (unpaired) electrons. The number of halogens is 1. The molecule has 0 aromatic heterocycles. The van der Waals surface area contributed by atoms with Gasteiger partial charge in [0.1, 0.15) is 18.1 Å². The Balaban J connectivity index is 1.77. The minimum absolute atomic E-state index is 0.0694. The van der Waals surface area contributed by atoms with Crippen molar-refractivity contribution in [1.29, 1.82) is 0 Å². The number of phenols is 1. The largest absolute Gasteiger partial charge is 0.505 e. The molecule has 2 aromatic carbocycles. The van der Waals surface area contributed by atoms with Crippen LogP contribution in [0.3, 0.4) is 0 Å². The van der Waals surface area contributed by atoms with E-state index in [1.165, 1.54) is 15.9 Å². The van der Waals surface area contributed by atoms with Crippen LogP contribution in [0.1, 0.15) is 43.0 Å². The van der Waals surface area contributed by atoms with Gasteiger partial charge in [0, 0.05) is 14.1 Å². The van der Waals surface area contributed by atoms with Crippen molar-refractivity contribution in [2.75, 3.05) is 14.1 Å². The maximum atomic E-state index is 14.4. The number of nitrogens with zero attached hydrogens (tertiary/aromatic N) is 2. The Hall–Kier alpha value is -3.42. The highest BCUT2D eigenvalue weighted by Gasteiger charge is 2.49. The molecule has 1 heterocycles. The highest BCUT2D eigenvalue weighted by Crippen LogP contribution is 2.36. The van der Waals surface area contributed by atoms with E-state index in [-0.39, 0.29) is 29.2 Å². The third kappa shape index (κ3) is 4.74. The van der Waals surface area contributed by atoms with Gasteiger partial charge in [-0.2, -0.15) is 0 Å². The topological polar surface area (TPSA) is 90.0 Å². The highest BCUT2D eigenvalue weighted by molar-refractivity contribution is 6.00. The van der Waals surface area contributed by atoms with Gasteiger partial charge in [0.25, 0.3) is 0 Å². The Morgan fingerprint density at radius 2 is 1.77 bits per heavy atom. The third-order valence-corrected chi connectivity index (χ3v) is 6.95. The van der Waals surface area contributed by atoms with Crippen LogP contribution < -0.4 is 5.32 Å². The second kappa shape index (κ2) is 9.68. The van der Waals surface area contributed by atoms with Crippen molar-refractivity contribution in [3.63, 3.8) is 0 Å². The van der Waals surface area contributed by atoms with Crippen molar-refractivity contribution in [3.8, 4) is 5.75 Å². The Morgan fingerprint density at radius 1 is 1.14 bits per heavy atom. The van der Waals surface area contributed by atoms with Crippen LogP contribution in [0.25, 0.3) is 0 Å². The number of carbonyl (C=O) groups excluding carboxylic acids is 3. The zero-order valence-electron chi connectivity index (χ0n) is 20.5. The van der Waals surface area contributed by atoms with E-state index in [4.69, 9.17) is 0 Å². The SMILES string of the molecule is CC(C)C[C@@H]1C(=O)N[C@H](C2Cc3ccccc3C2)C(=O)N1[C@@H](C(=O)N(C)C)c1ccc(O)c(F)c1. The number of rotatable bonds is 6. The summed E-state index contributed by atoms with van der Waals surface area (Å²) in [5, 5.41) is 12.7. The van der Waals surface area contributed by atoms with Crippen molar-refractivity contribution in [2.24, 2.45) is 11.8 Å². The summed E-state index contributed by atoms with van der Waals surface area (Å²) in [6.45, 7) is 3.89. The van der Waals surface area contributed by atoms with Crippen LogP contribution >= 0.6 is 0 Å². The van der Waals surface area contributed by atoms with E-state index in [2.05, 4.69) is 5.32 Å². The lowest BCUT2D eigenvalue weighted by Crippen LogP contribution is -2.67. The average Bonchev–Trinajstić information content (AvgIpc) is 3.23. The van der Waals surface area contributed by atoms with Crippen molar-refractivity contribution in [2.45, 2.75) is 51.2 Å². The predicted molar refractivity (Wildman–Crippen MR) is 129 cm³/mol. The first-order chi connectivity index (χ1) is 16.6. The van der Waals surface area contributed by atoms with Gasteiger partial charge in [0.05, 0.1) is 0 Å². The van der Waals surface area contributed by atoms with Gasteiger partial charge in [0.15, 0.2) is 11.6 Å². The molecular weight excluding hydrogens is 449 g/mol. The van der Waals surface area contributed by atoms with Crippen molar-refractivity contribution in [1.82, 2.24) is 15.1 Å². The maximum Gasteiger partial charge on any atom is 0.249 e. The summed E-state index contributed by atoms with van der Waals surface area (Å²) in [6, 6.07) is 8.75. The molecule has 186 valence electrons. The van der Waals surface area contributed by atoms with Crippen LogP contribution in [0.5, 0.6) is 5.75 Å². The normalized spacial score (nSPS) is 21.1. The lowest BCUT2D eigenvalue weighted by molar-refractivity contribution is -0.159. The fourth-order valence-electron chi connectivity index (χ4n) is 5.23. The number of hydrogen-bond donors (Lipinski definition) is 2. The van der Waals surface area contributed by atoms with Crippen LogP contribution in [-0.2, 0) is 27.2 Å². The number of hydrogen-bond acceptors (Lipinski definition) is 4. The van der Waals surface area contributed by atoms with Gasteiger partial charge in [-0.1, -0.05) is 44.2 Å². The second-order valence-electron chi connectivity index (χ2n) is 10.2. The molecule has 0 spiro atoms. The number of nitrogens with one attached hydrogen (secondary N) is 1. The van der Waals surface area contributed by atoms with Gasteiger partial charge in [-0.05, 0) is 59.9 Å². The number of fused-ring (bicyclic) bond motifs is 1. The fraction of sp³-hybridized carbons (Fsp3) is 0.444. The van der Waals surface area contributed by atoms with Crippen LogP contribution in [0.15, 0.2) is 42.5 Å². The summed E-state index contributed by atoms with van der Waals surface area (Å²) >= 11 is 0. The second-order valence-corrected chi connectivity index (χ2v) is 10.2. The number of aromatic hydroxyl groups is 1. The first-order valence-corrected chi connectivity index (χ1v) is 12.0. The summed E-state index contributed by atoms with van der Waals surface area (Å²) in [6.07, 6.45) is 1.65. The van der Waals surface area contributed by atoms with Crippen LogP contribution in [0, 0.1) is 17.7 Å². The molecule has 0 bridgehead atoms. The van der Waals surface area contributed by atoms with Crippen LogP contribution in [-0.4, -0.2) is 58.8 Å². The van der Waals surface area contributed by atoms with Gasteiger partial charge in [-0.3, -0.25) is 14.4 Å². The van der Waals surface area contributed by atoms with Crippen molar-refractivity contribution in [3.05, 3.63) is 65.0 Å². The first-order valence-electron chi connectivity index (χ1n) is 12.0. The smallest absolute Gasteiger partial charge is 0.249 e. The number of likely N-dealkylation sites (N-methyl/N-ethyl adjacent to an activating group) is 1. The molecule has 1 aliphatic heterocycles. The third-order valence-electron chi connectivity index (χ3n) is 6.95. The lowest BCUT2D eigenvalue weighted by atomic mass is 9.88. The fourth-order valence-corrected chi connectivity index (χ4v) is 5.23. The zero-order valence-corrected chi connectivity index (χ0v) is 20.5.